The van der Waals surface area contributed by atoms with E-state index in [1.807, 2.05) is 13.8 Å². The van der Waals surface area contributed by atoms with Gasteiger partial charge in [-0.2, -0.15) is 0 Å². The molecule has 0 aromatic carbocycles. The zero-order valence-corrected chi connectivity index (χ0v) is 9.38. The van der Waals surface area contributed by atoms with Gasteiger partial charge in [-0.1, -0.05) is 13.8 Å². The summed E-state index contributed by atoms with van der Waals surface area (Å²) in [6.07, 6.45) is 1.62. The van der Waals surface area contributed by atoms with Crippen molar-refractivity contribution in [2.24, 2.45) is 11.7 Å². The molecule has 1 amide bonds. The molecule has 0 aliphatic rings. The molecule has 0 radical (unpaired) electrons. The summed E-state index contributed by atoms with van der Waals surface area (Å²) in [5.41, 5.74) is 5.44. The number of nitrogens with two attached hydrogens (primary N) is 1. The van der Waals surface area contributed by atoms with Crippen molar-refractivity contribution in [1.82, 2.24) is 5.32 Å². The molecule has 3 N–H and O–H groups in total. The molecule has 0 aromatic rings. The third kappa shape index (κ3) is 5.19. The van der Waals surface area contributed by atoms with Crippen LogP contribution in [0.15, 0.2) is 0 Å². The Morgan fingerprint density at radius 1 is 1.57 bits per heavy atom. The number of nitrogens with one attached hydrogen (secondary N) is 1. The fraction of sp³-hybridized carbons (Fsp3) is 0.900. The molecule has 0 saturated heterocycles. The van der Waals surface area contributed by atoms with E-state index in [0.29, 0.717) is 13.2 Å². The second-order valence-corrected chi connectivity index (χ2v) is 3.55. The van der Waals surface area contributed by atoms with Crippen LogP contribution < -0.4 is 11.1 Å². The van der Waals surface area contributed by atoms with Gasteiger partial charge in [-0.25, -0.2) is 0 Å². The predicted molar refractivity (Wildman–Crippen MR) is 56.9 cm³/mol. The maximum atomic E-state index is 11.5. The highest BCUT2D eigenvalue weighted by molar-refractivity contribution is 5.78. The second-order valence-electron chi connectivity index (χ2n) is 3.55. The number of ether oxygens (including phenoxy) is 1. The van der Waals surface area contributed by atoms with E-state index in [4.69, 9.17) is 10.5 Å². The molecule has 0 aliphatic carbocycles. The van der Waals surface area contributed by atoms with Gasteiger partial charge in [0.05, 0.1) is 12.6 Å². The number of amides is 1. The standard InChI is InChI=1S/C10H22N2O2/c1-4-8(2)10(13)12-9(5-6-11)7-14-3/h8-9H,4-7,11H2,1-3H3,(H,12,13). The average Bonchev–Trinajstić information content (AvgIpc) is 2.17. The molecule has 84 valence electrons. The molecule has 14 heavy (non-hydrogen) atoms. The highest BCUT2D eigenvalue weighted by Crippen LogP contribution is 2.01. The molecule has 4 heteroatoms. The number of carbonyl (C=O) groups excluding carboxylic acids is 1. The number of methoxy groups -OCH3 is 1. The Morgan fingerprint density at radius 3 is 2.64 bits per heavy atom. The number of carbonyl (C=O) groups is 1. The largest absolute Gasteiger partial charge is 0.383 e. The molecule has 2 atom stereocenters. The first-order valence-corrected chi connectivity index (χ1v) is 5.15. The van der Waals surface area contributed by atoms with Crippen LogP contribution in [0.1, 0.15) is 26.7 Å². The van der Waals surface area contributed by atoms with Crippen LogP contribution >= 0.6 is 0 Å². The molecule has 0 bridgehead atoms. The SMILES string of the molecule is CCC(C)C(=O)NC(CCN)COC. The van der Waals surface area contributed by atoms with Crippen LogP contribution in [0.4, 0.5) is 0 Å². The normalized spacial score (nSPS) is 14.9. The molecule has 0 saturated carbocycles. The Kier molecular flexibility index (Phi) is 7.42. The maximum absolute atomic E-state index is 11.5. The van der Waals surface area contributed by atoms with Crippen molar-refractivity contribution in [2.45, 2.75) is 32.7 Å². The van der Waals surface area contributed by atoms with Crippen molar-refractivity contribution in [2.75, 3.05) is 20.3 Å². The van der Waals surface area contributed by atoms with Crippen LogP contribution in [0, 0.1) is 5.92 Å². The fourth-order valence-corrected chi connectivity index (χ4v) is 1.13. The van der Waals surface area contributed by atoms with Crippen LogP contribution in [-0.4, -0.2) is 32.2 Å². The highest BCUT2D eigenvalue weighted by atomic mass is 16.5. The van der Waals surface area contributed by atoms with Gasteiger partial charge in [0, 0.05) is 13.0 Å². The molecule has 0 aromatic heterocycles. The van der Waals surface area contributed by atoms with Crippen LogP contribution in [0.5, 0.6) is 0 Å². The van der Waals surface area contributed by atoms with Crippen LogP contribution in [-0.2, 0) is 9.53 Å². The van der Waals surface area contributed by atoms with Gasteiger partial charge in [-0.15, -0.1) is 0 Å². The van der Waals surface area contributed by atoms with E-state index >= 15 is 0 Å². The van der Waals surface area contributed by atoms with Gasteiger partial charge < -0.3 is 15.8 Å². The van der Waals surface area contributed by atoms with Gasteiger partial charge in [0.15, 0.2) is 0 Å². The third-order valence-electron chi connectivity index (χ3n) is 2.29. The van der Waals surface area contributed by atoms with Gasteiger partial charge >= 0.3 is 0 Å². The first kappa shape index (κ1) is 13.4. The van der Waals surface area contributed by atoms with E-state index in [2.05, 4.69) is 5.32 Å². The molecular formula is C10H22N2O2. The lowest BCUT2D eigenvalue weighted by Gasteiger charge is -2.19. The first-order valence-electron chi connectivity index (χ1n) is 5.15. The number of hydrogen-bond acceptors (Lipinski definition) is 3. The number of rotatable bonds is 7. The summed E-state index contributed by atoms with van der Waals surface area (Å²) in [6.45, 7) is 5.01. The van der Waals surface area contributed by atoms with E-state index in [1.54, 1.807) is 7.11 Å². The smallest absolute Gasteiger partial charge is 0.223 e. The minimum absolute atomic E-state index is 0.0477. The van der Waals surface area contributed by atoms with Gasteiger partial charge in [0.25, 0.3) is 0 Å². The monoisotopic (exact) mass is 202 g/mol. The second kappa shape index (κ2) is 7.76. The van der Waals surface area contributed by atoms with Gasteiger partial charge in [-0.05, 0) is 19.4 Å². The summed E-state index contributed by atoms with van der Waals surface area (Å²) in [4.78, 5) is 11.5. The van der Waals surface area contributed by atoms with Crippen molar-refractivity contribution >= 4 is 5.91 Å². The Balaban J connectivity index is 3.94. The minimum atomic E-state index is 0.0477. The first-order chi connectivity index (χ1) is 6.65. The zero-order chi connectivity index (χ0) is 11.0. The van der Waals surface area contributed by atoms with Crippen molar-refractivity contribution in [3.05, 3.63) is 0 Å². The lowest BCUT2D eigenvalue weighted by Crippen LogP contribution is -2.41. The summed E-state index contributed by atoms with van der Waals surface area (Å²) in [5.74, 6) is 0.148. The molecule has 0 heterocycles. The van der Waals surface area contributed by atoms with E-state index in [9.17, 15) is 4.79 Å². The van der Waals surface area contributed by atoms with E-state index < -0.39 is 0 Å². The number of hydrogen-bond donors (Lipinski definition) is 2. The van der Waals surface area contributed by atoms with Gasteiger partial charge in [0.1, 0.15) is 0 Å². The quantitative estimate of drug-likeness (QED) is 0.632. The van der Waals surface area contributed by atoms with Crippen molar-refractivity contribution in [3.63, 3.8) is 0 Å². The summed E-state index contributed by atoms with van der Waals surface area (Å²) >= 11 is 0. The summed E-state index contributed by atoms with van der Waals surface area (Å²) in [6, 6.07) is 0.0477. The Morgan fingerprint density at radius 2 is 2.21 bits per heavy atom. The van der Waals surface area contributed by atoms with Crippen LogP contribution in [0.25, 0.3) is 0 Å². The van der Waals surface area contributed by atoms with E-state index in [-0.39, 0.29) is 17.9 Å². The lowest BCUT2D eigenvalue weighted by molar-refractivity contribution is -0.125. The average molecular weight is 202 g/mol. The van der Waals surface area contributed by atoms with Crippen molar-refractivity contribution < 1.29 is 9.53 Å². The third-order valence-corrected chi connectivity index (χ3v) is 2.29. The molecule has 0 fully saturated rings. The Bertz CT molecular complexity index is 156. The predicted octanol–water partition coefficient (Wildman–Crippen LogP) is 0.513. The highest BCUT2D eigenvalue weighted by Gasteiger charge is 2.15. The molecule has 0 spiro atoms. The molecule has 0 aliphatic heterocycles. The summed E-state index contributed by atoms with van der Waals surface area (Å²) in [7, 11) is 1.62. The summed E-state index contributed by atoms with van der Waals surface area (Å²) in [5, 5.41) is 2.93. The lowest BCUT2D eigenvalue weighted by atomic mass is 10.1. The molecule has 4 nitrogen and oxygen atoms in total. The summed E-state index contributed by atoms with van der Waals surface area (Å²) < 4.78 is 5.00. The van der Waals surface area contributed by atoms with E-state index in [1.165, 1.54) is 0 Å². The van der Waals surface area contributed by atoms with Gasteiger partial charge in [-0.3, -0.25) is 4.79 Å². The molecule has 0 rings (SSSR count). The Labute approximate surface area is 86.2 Å². The van der Waals surface area contributed by atoms with Gasteiger partial charge in [0.2, 0.25) is 5.91 Å². The topological polar surface area (TPSA) is 64.4 Å². The van der Waals surface area contributed by atoms with Crippen molar-refractivity contribution in [3.8, 4) is 0 Å². The van der Waals surface area contributed by atoms with E-state index in [0.717, 1.165) is 12.8 Å². The fourth-order valence-electron chi connectivity index (χ4n) is 1.13. The molecular weight excluding hydrogens is 180 g/mol. The van der Waals surface area contributed by atoms with Crippen LogP contribution in [0.3, 0.4) is 0 Å². The zero-order valence-electron chi connectivity index (χ0n) is 9.38. The minimum Gasteiger partial charge on any atom is -0.383 e. The Hall–Kier alpha value is -0.610. The maximum Gasteiger partial charge on any atom is 0.223 e. The molecule has 2 unspecified atom stereocenters. The van der Waals surface area contributed by atoms with Crippen LogP contribution in [0.2, 0.25) is 0 Å². The van der Waals surface area contributed by atoms with Crippen molar-refractivity contribution in [1.29, 1.82) is 0 Å².